The lowest BCUT2D eigenvalue weighted by molar-refractivity contribution is -0.137. The number of nitrogens with zero attached hydrogens (tertiary/aromatic N) is 2. The highest BCUT2D eigenvalue weighted by atomic mass is 35.5. The van der Waals surface area contributed by atoms with Crippen molar-refractivity contribution in [1.82, 2.24) is 4.90 Å². The Morgan fingerprint density at radius 2 is 1.67 bits per heavy atom. The number of rotatable bonds is 2. The normalized spacial score (nSPS) is 15.0. The first-order valence-corrected chi connectivity index (χ1v) is 8.86. The fraction of sp³-hybridized carbons (Fsp3) is 0.316. The van der Waals surface area contributed by atoms with E-state index in [1.54, 1.807) is 4.90 Å². The highest BCUT2D eigenvalue weighted by molar-refractivity contribution is 6.31. The van der Waals surface area contributed by atoms with Crippen LogP contribution >= 0.6 is 11.6 Å². The Morgan fingerprint density at radius 3 is 2.26 bits per heavy atom. The Bertz CT molecular complexity index is 816. The molecule has 2 aromatic rings. The Labute approximate surface area is 160 Å². The van der Waals surface area contributed by atoms with E-state index in [0.29, 0.717) is 26.2 Å². The van der Waals surface area contributed by atoms with Gasteiger partial charge in [0.15, 0.2) is 0 Å². The van der Waals surface area contributed by atoms with Crippen LogP contribution < -0.4 is 10.2 Å². The van der Waals surface area contributed by atoms with Crippen LogP contribution in [0.25, 0.3) is 0 Å². The third-order valence-corrected chi connectivity index (χ3v) is 4.82. The summed E-state index contributed by atoms with van der Waals surface area (Å²) in [6, 6.07) is 11.1. The molecule has 2 amide bonds. The van der Waals surface area contributed by atoms with Crippen LogP contribution in [0.15, 0.2) is 42.5 Å². The highest BCUT2D eigenvalue weighted by Gasteiger charge is 2.33. The second-order valence-electron chi connectivity index (χ2n) is 6.43. The van der Waals surface area contributed by atoms with Crippen LogP contribution in [0.1, 0.15) is 11.1 Å². The quantitative estimate of drug-likeness (QED) is 0.772. The maximum absolute atomic E-state index is 12.9. The molecule has 4 nitrogen and oxygen atoms in total. The van der Waals surface area contributed by atoms with Gasteiger partial charge in [-0.15, -0.1) is 0 Å². The van der Waals surface area contributed by atoms with Crippen molar-refractivity contribution in [2.45, 2.75) is 13.1 Å². The number of carbonyl (C=O) groups excluding carboxylic acids is 1. The van der Waals surface area contributed by atoms with E-state index in [9.17, 15) is 18.0 Å². The van der Waals surface area contributed by atoms with Crippen molar-refractivity contribution in [1.29, 1.82) is 0 Å². The monoisotopic (exact) mass is 397 g/mol. The Hall–Kier alpha value is -2.41. The third-order valence-electron chi connectivity index (χ3n) is 4.49. The summed E-state index contributed by atoms with van der Waals surface area (Å²) < 4.78 is 38.8. The van der Waals surface area contributed by atoms with Crippen molar-refractivity contribution in [3.63, 3.8) is 0 Å². The summed E-state index contributed by atoms with van der Waals surface area (Å²) in [5.41, 5.74) is 1.37. The minimum atomic E-state index is -4.57. The van der Waals surface area contributed by atoms with E-state index >= 15 is 0 Å². The van der Waals surface area contributed by atoms with Crippen LogP contribution in [-0.4, -0.2) is 37.1 Å². The van der Waals surface area contributed by atoms with Gasteiger partial charge in [-0.1, -0.05) is 29.3 Å². The van der Waals surface area contributed by atoms with Crippen molar-refractivity contribution < 1.29 is 18.0 Å². The molecule has 1 aliphatic rings. The maximum Gasteiger partial charge on any atom is 0.417 e. The molecule has 0 unspecified atom stereocenters. The Balaban J connectivity index is 1.61. The number of alkyl halides is 3. The van der Waals surface area contributed by atoms with Crippen molar-refractivity contribution >= 4 is 29.0 Å². The number of anilines is 2. The molecule has 1 saturated heterocycles. The topological polar surface area (TPSA) is 35.6 Å². The van der Waals surface area contributed by atoms with Crippen LogP contribution in [0.4, 0.5) is 29.3 Å². The van der Waals surface area contributed by atoms with E-state index in [0.717, 1.165) is 17.8 Å². The SMILES string of the molecule is Cc1ccc(N2CCN(C(=O)Nc3ccc(Cl)c(C(F)(F)F)c3)CC2)cc1. The minimum absolute atomic E-state index is 0.0673. The second-order valence-corrected chi connectivity index (χ2v) is 6.84. The molecule has 2 aromatic carbocycles. The molecule has 0 radical (unpaired) electrons. The van der Waals surface area contributed by atoms with Gasteiger partial charge in [-0.25, -0.2) is 4.79 Å². The lowest BCUT2D eigenvalue weighted by atomic mass is 10.2. The molecular weight excluding hydrogens is 379 g/mol. The Kier molecular flexibility index (Phi) is 5.51. The third kappa shape index (κ3) is 4.66. The molecule has 1 aliphatic heterocycles. The number of urea groups is 1. The van der Waals surface area contributed by atoms with Crippen LogP contribution in [0.3, 0.4) is 0 Å². The molecule has 144 valence electrons. The average Bonchev–Trinajstić information content (AvgIpc) is 2.63. The number of hydrogen-bond acceptors (Lipinski definition) is 2. The fourth-order valence-corrected chi connectivity index (χ4v) is 3.17. The largest absolute Gasteiger partial charge is 0.417 e. The number of hydrogen-bond donors (Lipinski definition) is 1. The van der Waals surface area contributed by atoms with Crippen LogP contribution in [0.5, 0.6) is 0 Å². The lowest BCUT2D eigenvalue weighted by Gasteiger charge is -2.36. The van der Waals surface area contributed by atoms with Gasteiger partial charge in [0.2, 0.25) is 0 Å². The summed E-state index contributed by atoms with van der Waals surface area (Å²) in [5.74, 6) is 0. The number of benzene rings is 2. The maximum atomic E-state index is 12.9. The van der Waals surface area contributed by atoms with Gasteiger partial charge >= 0.3 is 12.2 Å². The molecule has 1 N–H and O–H groups in total. The molecule has 27 heavy (non-hydrogen) atoms. The average molecular weight is 398 g/mol. The summed E-state index contributed by atoms with van der Waals surface area (Å²) in [6.07, 6.45) is -4.57. The van der Waals surface area contributed by atoms with E-state index < -0.39 is 22.8 Å². The lowest BCUT2D eigenvalue weighted by Crippen LogP contribution is -2.50. The molecule has 0 aliphatic carbocycles. The molecule has 0 spiro atoms. The van der Waals surface area contributed by atoms with Gasteiger partial charge in [-0.3, -0.25) is 0 Å². The number of halogens is 4. The summed E-state index contributed by atoms with van der Waals surface area (Å²) in [5, 5.41) is 2.13. The fourth-order valence-electron chi connectivity index (χ4n) is 2.95. The van der Waals surface area contributed by atoms with Crippen LogP contribution in [0.2, 0.25) is 5.02 Å². The predicted octanol–water partition coefficient (Wildman–Crippen LogP) is 5.02. The van der Waals surface area contributed by atoms with E-state index in [2.05, 4.69) is 10.2 Å². The first kappa shape index (κ1) is 19.4. The number of nitrogens with one attached hydrogen (secondary N) is 1. The summed E-state index contributed by atoms with van der Waals surface area (Å²) >= 11 is 5.60. The van der Waals surface area contributed by atoms with E-state index in [1.807, 2.05) is 31.2 Å². The summed E-state index contributed by atoms with van der Waals surface area (Å²) in [6.45, 7) is 4.31. The van der Waals surface area contributed by atoms with Crippen LogP contribution in [0, 0.1) is 6.92 Å². The standard InChI is InChI=1S/C19H19ClF3N3O/c1-13-2-5-15(6-3-13)25-8-10-26(11-9-25)18(27)24-14-4-7-17(20)16(12-14)19(21,22)23/h2-7,12H,8-11H2,1H3,(H,24,27). The zero-order valence-electron chi connectivity index (χ0n) is 14.7. The summed E-state index contributed by atoms with van der Waals surface area (Å²) in [7, 11) is 0. The molecule has 0 saturated carbocycles. The van der Waals surface area contributed by atoms with Gasteiger partial charge in [-0.2, -0.15) is 13.2 Å². The molecule has 0 atom stereocenters. The van der Waals surface area contributed by atoms with Gasteiger partial charge < -0.3 is 15.1 Å². The molecule has 0 bridgehead atoms. The number of carbonyl (C=O) groups is 1. The van der Waals surface area contributed by atoms with Gasteiger partial charge in [0.25, 0.3) is 0 Å². The van der Waals surface area contributed by atoms with Crippen LogP contribution in [-0.2, 0) is 6.18 Å². The smallest absolute Gasteiger partial charge is 0.368 e. The Morgan fingerprint density at radius 1 is 1.04 bits per heavy atom. The van der Waals surface area contributed by atoms with Crippen molar-refractivity contribution in [3.05, 3.63) is 58.6 Å². The molecule has 0 aromatic heterocycles. The van der Waals surface area contributed by atoms with Crippen molar-refractivity contribution in [2.24, 2.45) is 0 Å². The molecule has 3 rings (SSSR count). The molecule has 1 heterocycles. The second kappa shape index (κ2) is 7.68. The summed E-state index contributed by atoms with van der Waals surface area (Å²) in [4.78, 5) is 16.1. The predicted molar refractivity (Wildman–Crippen MR) is 100 cm³/mol. The number of piperazine rings is 1. The zero-order valence-corrected chi connectivity index (χ0v) is 15.4. The van der Waals surface area contributed by atoms with Crippen molar-refractivity contribution in [3.8, 4) is 0 Å². The highest BCUT2D eigenvalue weighted by Crippen LogP contribution is 2.36. The van der Waals surface area contributed by atoms with E-state index in [1.165, 1.54) is 11.6 Å². The van der Waals surface area contributed by atoms with E-state index in [4.69, 9.17) is 11.6 Å². The van der Waals surface area contributed by atoms with E-state index in [-0.39, 0.29) is 5.69 Å². The molecular formula is C19H19ClF3N3O. The van der Waals surface area contributed by atoms with Crippen molar-refractivity contribution in [2.75, 3.05) is 36.4 Å². The van der Waals surface area contributed by atoms with Gasteiger partial charge in [0.1, 0.15) is 0 Å². The first-order valence-electron chi connectivity index (χ1n) is 8.48. The van der Waals surface area contributed by atoms with Gasteiger partial charge in [-0.05, 0) is 37.3 Å². The van der Waals surface area contributed by atoms with Gasteiger partial charge in [0.05, 0.1) is 10.6 Å². The zero-order chi connectivity index (χ0) is 19.6. The molecule has 1 fully saturated rings. The number of aryl methyl sites for hydroxylation is 1. The molecule has 8 heteroatoms. The minimum Gasteiger partial charge on any atom is -0.368 e. The first-order chi connectivity index (χ1) is 12.7. The number of amides is 2. The van der Waals surface area contributed by atoms with Gasteiger partial charge in [0, 0.05) is 37.6 Å².